The van der Waals surface area contributed by atoms with E-state index in [1.807, 2.05) is 25.1 Å². The third kappa shape index (κ3) is 3.54. The van der Waals surface area contributed by atoms with Gasteiger partial charge in [0.25, 0.3) is 5.91 Å². The minimum Gasteiger partial charge on any atom is -0.380 e. The lowest BCUT2D eigenvalue weighted by Gasteiger charge is -2.15. The molecule has 3 aromatic rings. The summed E-state index contributed by atoms with van der Waals surface area (Å²) in [7, 11) is 1.53. The summed E-state index contributed by atoms with van der Waals surface area (Å²) in [6.07, 6.45) is 0. The Morgan fingerprint density at radius 1 is 1.28 bits per heavy atom. The number of nitrogens with one attached hydrogen (secondary N) is 1. The van der Waals surface area contributed by atoms with Gasteiger partial charge >= 0.3 is 0 Å². The number of carbonyl (C=O) groups excluding carboxylic acids is 1. The van der Waals surface area contributed by atoms with E-state index in [4.69, 9.17) is 16.3 Å². The predicted octanol–water partition coefficient (Wildman–Crippen LogP) is 5.33. The van der Waals surface area contributed by atoms with E-state index in [1.165, 1.54) is 24.5 Å². The quantitative estimate of drug-likeness (QED) is 0.652. The van der Waals surface area contributed by atoms with Gasteiger partial charge in [0.05, 0.1) is 17.5 Å². The predicted molar refractivity (Wildman–Crippen MR) is 99.8 cm³/mol. The van der Waals surface area contributed by atoms with Crippen LogP contribution in [0.15, 0.2) is 42.5 Å². The average Bonchev–Trinajstić information content (AvgIpc) is 2.95. The number of amides is 1. The van der Waals surface area contributed by atoms with Crippen LogP contribution < -0.4 is 5.32 Å². The first-order valence-electron chi connectivity index (χ1n) is 7.77. The fraction of sp³-hybridized carbons (Fsp3) is 0.211. The molecule has 0 radical (unpaired) electrons. The van der Waals surface area contributed by atoms with Crippen LogP contribution in [0.1, 0.15) is 33.8 Å². The van der Waals surface area contributed by atoms with Crippen molar-refractivity contribution in [3.8, 4) is 0 Å². The number of hydrogen-bond donors (Lipinski definition) is 1. The molecule has 3 rings (SSSR count). The smallest absolute Gasteiger partial charge is 0.262 e. The molecule has 0 bridgehead atoms. The Labute approximate surface area is 154 Å². The molecule has 0 fully saturated rings. The number of hydrogen-bond acceptors (Lipinski definition) is 3. The number of thiophene rings is 1. The summed E-state index contributed by atoms with van der Waals surface area (Å²) in [6.45, 7) is 2.03. The van der Waals surface area contributed by atoms with Gasteiger partial charge in [-0.05, 0) is 30.7 Å². The molecule has 1 N–H and O–H groups in total. The van der Waals surface area contributed by atoms with Crippen molar-refractivity contribution in [1.82, 2.24) is 5.32 Å². The molecule has 1 aromatic heterocycles. The molecule has 1 heterocycles. The number of fused-ring (bicyclic) bond motifs is 1. The van der Waals surface area contributed by atoms with Crippen LogP contribution >= 0.6 is 22.9 Å². The van der Waals surface area contributed by atoms with E-state index in [-0.39, 0.29) is 24.4 Å². The van der Waals surface area contributed by atoms with E-state index in [9.17, 15) is 9.18 Å². The zero-order valence-corrected chi connectivity index (χ0v) is 15.4. The SMILES string of the molecule is COCc1c(C(=O)NC(C)c2ccccc2Cl)sc2cccc(F)c12. The molecule has 0 aliphatic carbocycles. The topological polar surface area (TPSA) is 38.3 Å². The fourth-order valence-corrected chi connectivity index (χ4v) is 4.22. The number of ether oxygens (including phenoxy) is 1. The first-order valence-corrected chi connectivity index (χ1v) is 8.96. The number of methoxy groups -OCH3 is 1. The van der Waals surface area contributed by atoms with Crippen molar-refractivity contribution in [2.24, 2.45) is 0 Å². The summed E-state index contributed by atoms with van der Waals surface area (Å²) < 4.78 is 20.1. The highest BCUT2D eigenvalue weighted by Gasteiger charge is 2.22. The Hall–Kier alpha value is -1.95. The third-order valence-electron chi connectivity index (χ3n) is 3.98. The van der Waals surface area contributed by atoms with E-state index in [1.54, 1.807) is 18.2 Å². The maximum absolute atomic E-state index is 14.2. The number of rotatable bonds is 5. The molecule has 0 spiro atoms. The molecule has 6 heteroatoms. The third-order valence-corrected chi connectivity index (χ3v) is 5.52. The van der Waals surface area contributed by atoms with Crippen molar-refractivity contribution in [2.75, 3.05) is 7.11 Å². The first kappa shape index (κ1) is 17.9. The lowest BCUT2D eigenvalue weighted by molar-refractivity contribution is 0.0940. The molecule has 0 aliphatic rings. The summed E-state index contributed by atoms with van der Waals surface area (Å²) in [5.41, 5.74) is 1.41. The van der Waals surface area contributed by atoms with Crippen molar-refractivity contribution in [1.29, 1.82) is 0 Å². The molecular weight excluding hydrogens is 361 g/mol. The van der Waals surface area contributed by atoms with Crippen LogP contribution in [0.25, 0.3) is 10.1 Å². The summed E-state index contributed by atoms with van der Waals surface area (Å²) in [6, 6.07) is 11.9. The fourth-order valence-electron chi connectivity index (χ4n) is 2.80. The Morgan fingerprint density at radius 3 is 2.76 bits per heavy atom. The van der Waals surface area contributed by atoms with Crippen molar-refractivity contribution >= 4 is 38.9 Å². The van der Waals surface area contributed by atoms with Gasteiger partial charge in [0.1, 0.15) is 5.82 Å². The largest absolute Gasteiger partial charge is 0.380 e. The Balaban J connectivity index is 1.96. The van der Waals surface area contributed by atoms with Crippen LogP contribution in [0.5, 0.6) is 0 Å². The molecule has 1 unspecified atom stereocenters. The molecule has 3 nitrogen and oxygen atoms in total. The van der Waals surface area contributed by atoms with Crippen LogP contribution in [0.2, 0.25) is 5.02 Å². The highest BCUT2D eigenvalue weighted by atomic mass is 35.5. The zero-order chi connectivity index (χ0) is 18.0. The van der Waals surface area contributed by atoms with Gasteiger partial charge in [-0.2, -0.15) is 0 Å². The molecule has 0 aliphatic heterocycles. The Bertz CT molecular complexity index is 925. The van der Waals surface area contributed by atoms with Crippen LogP contribution in [0.3, 0.4) is 0 Å². The molecule has 0 saturated heterocycles. The first-order chi connectivity index (χ1) is 12.0. The van der Waals surface area contributed by atoms with Crippen LogP contribution in [-0.2, 0) is 11.3 Å². The Morgan fingerprint density at radius 2 is 2.04 bits per heavy atom. The van der Waals surface area contributed by atoms with E-state index in [0.29, 0.717) is 20.8 Å². The molecule has 2 aromatic carbocycles. The monoisotopic (exact) mass is 377 g/mol. The number of benzene rings is 2. The van der Waals surface area contributed by atoms with Crippen LogP contribution in [0, 0.1) is 5.82 Å². The summed E-state index contributed by atoms with van der Waals surface area (Å²) in [4.78, 5) is 13.3. The average molecular weight is 378 g/mol. The van der Waals surface area contributed by atoms with Crippen molar-refractivity contribution in [2.45, 2.75) is 19.6 Å². The van der Waals surface area contributed by atoms with Gasteiger partial charge < -0.3 is 10.1 Å². The normalized spacial score (nSPS) is 12.3. The molecular formula is C19H17ClFNO2S. The highest BCUT2D eigenvalue weighted by molar-refractivity contribution is 7.21. The summed E-state index contributed by atoms with van der Waals surface area (Å²) in [5, 5.41) is 3.98. The van der Waals surface area contributed by atoms with Gasteiger partial charge in [0.2, 0.25) is 0 Å². The second kappa shape index (κ2) is 7.52. The maximum atomic E-state index is 14.2. The zero-order valence-electron chi connectivity index (χ0n) is 13.8. The standard InChI is InChI=1S/C19H17ClFNO2S/c1-11(12-6-3-4-7-14(12)20)22-19(23)18-13(10-24-2)17-15(21)8-5-9-16(17)25-18/h3-9,11H,10H2,1-2H3,(H,22,23). The van der Waals surface area contributed by atoms with Gasteiger partial charge in [-0.25, -0.2) is 4.39 Å². The van der Waals surface area contributed by atoms with Crippen LogP contribution in [0.4, 0.5) is 4.39 Å². The van der Waals surface area contributed by atoms with E-state index in [0.717, 1.165) is 10.3 Å². The summed E-state index contributed by atoms with van der Waals surface area (Å²) >= 11 is 7.46. The van der Waals surface area contributed by atoms with Gasteiger partial charge in [-0.15, -0.1) is 11.3 Å². The minimum absolute atomic E-state index is 0.171. The number of carbonyl (C=O) groups is 1. The second-order valence-electron chi connectivity index (χ2n) is 5.67. The van der Waals surface area contributed by atoms with Crippen molar-refractivity contribution < 1.29 is 13.9 Å². The lowest BCUT2D eigenvalue weighted by atomic mass is 10.1. The minimum atomic E-state index is -0.348. The van der Waals surface area contributed by atoms with Crippen molar-refractivity contribution in [3.63, 3.8) is 0 Å². The van der Waals surface area contributed by atoms with E-state index >= 15 is 0 Å². The summed E-state index contributed by atoms with van der Waals surface area (Å²) in [5.74, 6) is -0.612. The van der Waals surface area contributed by atoms with E-state index in [2.05, 4.69) is 5.32 Å². The van der Waals surface area contributed by atoms with Gasteiger partial charge in [-0.3, -0.25) is 4.79 Å². The van der Waals surface area contributed by atoms with Gasteiger partial charge in [0, 0.05) is 27.8 Å². The molecule has 1 amide bonds. The Kier molecular flexibility index (Phi) is 5.37. The van der Waals surface area contributed by atoms with E-state index < -0.39 is 0 Å². The molecule has 1 atom stereocenters. The second-order valence-corrected chi connectivity index (χ2v) is 7.13. The van der Waals surface area contributed by atoms with Crippen LogP contribution in [-0.4, -0.2) is 13.0 Å². The highest BCUT2D eigenvalue weighted by Crippen LogP contribution is 2.34. The van der Waals surface area contributed by atoms with Gasteiger partial charge in [-0.1, -0.05) is 35.9 Å². The maximum Gasteiger partial charge on any atom is 0.262 e. The van der Waals surface area contributed by atoms with Crippen molar-refractivity contribution in [3.05, 3.63) is 69.3 Å². The molecule has 130 valence electrons. The molecule has 0 saturated carbocycles. The lowest BCUT2D eigenvalue weighted by Crippen LogP contribution is -2.27. The molecule has 25 heavy (non-hydrogen) atoms. The van der Waals surface area contributed by atoms with Gasteiger partial charge in [0.15, 0.2) is 0 Å². The number of halogens is 2.